The van der Waals surface area contributed by atoms with E-state index in [2.05, 4.69) is 45.1 Å². The number of rotatable bonds is 5. The van der Waals surface area contributed by atoms with Crippen molar-refractivity contribution in [3.8, 4) is 0 Å². The van der Waals surface area contributed by atoms with Gasteiger partial charge in [0.2, 0.25) is 0 Å². The van der Waals surface area contributed by atoms with E-state index < -0.39 is 0 Å². The maximum absolute atomic E-state index is 5.20. The van der Waals surface area contributed by atoms with Gasteiger partial charge in [0.1, 0.15) is 0 Å². The van der Waals surface area contributed by atoms with Crippen molar-refractivity contribution in [2.75, 3.05) is 13.7 Å². The molecule has 2 heteroatoms. The van der Waals surface area contributed by atoms with Gasteiger partial charge in [0.15, 0.2) is 0 Å². The van der Waals surface area contributed by atoms with Crippen molar-refractivity contribution in [2.45, 2.75) is 40.3 Å². The normalized spacial score (nSPS) is 12.8. The molecule has 1 unspecified atom stereocenters. The van der Waals surface area contributed by atoms with Crippen molar-refractivity contribution >= 4 is 0 Å². The lowest BCUT2D eigenvalue weighted by atomic mass is 10.0. The van der Waals surface area contributed by atoms with Crippen LogP contribution >= 0.6 is 0 Å². The van der Waals surface area contributed by atoms with Gasteiger partial charge in [0, 0.05) is 20.2 Å². The lowest BCUT2D eigenvalue weighted by molar-refractivity contribution is 0.117. The van der Waals surface area contributed by atoms with E-state index >= 15 is 0 Å². The van der Waals surface area contributed by atoms with Crippen molar-refractivity contribution in [1.29, 1.82) is 0 Å². The first-order valence-corrected chi connectivity index (χ1v) is 5.84. The summed E-state index contributed by atoms with van der Waals surface area (Å²) in [5.41, 5.74) is 5.47. The van der Waals surface area contributed by atoms with Gasteiger partial charge < -0.3 is 10.1 Å². The lowest BCUT2D eigenvalue weighted by Crippen LogP contribution is -2.25. The fourth-order valence-electron chi connectivity index (χ4n) is 1.70. The quantitative estimate of drug-likeness (QED) is 0.825. The summed E-state index contributed by atoms with van der Waals surface area (Å²) in [4.78, 5) is 0. The number of nitrogens with one attached hydrogen (secondary N) is 1. The van der Waals surface area contributed by atoms with Gasteiger partial charge in [-0.1, -0.05) is 12.1 Å². The number of methoxy groups -OCH3 is 1. The molecule has 0 heterocycles. The summed E-state index contributed by atoms with van der Waals surface area (Å²) in [6, 6.07) is 4.53. The molecule has 1 rings (SSSR count). The smallest absolute Gasteiger partial charge is 0.0667 e. The summed E-state index contributed by atoms with van der Waals surface area (Å²) in [7, 11) is 1.74. The van der Waals surface area contributed by atoms with Crippen molar-refractivity contribution < 1.29 is 4.74 Å². The Morgan fingerprint density at radius 2 is 1.75 bits per heavy atom. The van der Waals surface area contributed by atoms with Gasteiger partial charge in [-0.25, -0.2) is 0 Å². The summed E-state index contributed by atoms with van der Waals surface area (Å²) in [6.45, 7) is 10.4. The molecule has 1 aromatic rings. The van der Waals surface area contributed by atoms with E-state index in [0.717, 1.165) is 13.1 Å². The van der Waals surface area contributed by atoms with E-state index in [0.29, 0.717) is 0 Å². The number of ether oxygens (including phenoxy) is 1. The van der Waals surface area contributed by atoms with Crippen LogP contribution < -0.4 is 5.32 Å². The maximum Gasteiger partial charge on any atom is 0.0667 e. The SMILES string of the molecule is COC(C)CNCc1cc(C)c(C)cc1C. The summed E-state index contributed by atoms with van der Waals surface area (Å²) < 4.78 is 5.20. The van der Waals surface area contributed by atoms with E-state index in [-0.39, 0.29) is 6.10 Å². The molecule has 0 bridgehead atoms. The highest BCUT2D eigenvalue weighted by atomic mass is 16.5. The molecule has 1 aromatic carbocycles. The molecule has 0 aliphatic carbocycles. The summed E-state index contributed by atoms with van der Waals surface area (Å²) in [6.07, 6.45) is 0.270. The Kier molecular flexibility index (Phi) is 4.97. The van der Waals surface area contributed by atoms with Crippen molar-refractivity contribution in [3.63, 3.8) is 0 Å². The van der Waals surface area contributed by atoms with Crippen LogP contribution in [-0.2, 0) is 11.3 Å². The average Bonchev–Trinajstić information content (AvgIpc) is 2.25. The highest BCUT2D eigenvalue weighted by Crippen LogP contribution is 2.14. The van der Waals surface area contributed by atoms with E-state index in [1.165, 1.54) is 22.3 Å². The van der Waals surface area contributed by atoms with E-state index in [4.69, 9.17) is 4.74 Å². The second-order valence-electron chi connectivity index (χ2n) is 4.54. The Hall–Kier alpha value is -0.860. The van der Waals surface area contributed by atoms with Crippen LogP contribution in [0.5, 0.6) is 0 Å². The van der Waals surface area contributed by atoms with Crippen LogP contribution in [-0.4, -0.2) is 19.8 Å². The highest BCUT2D eigenvalue weighted by Gasteiger charge is 2.03. The largest absolute Gasteiger partial charge is 0.380 e. The summed E-state index contributed by atoms with van der Waals surface area (Å²) in [5.74, 6) is 0. The van der Waals surface area contributed by atoms with Gasteiger partial charge in [-0.05, 0) is 49.9 Å². The number of benzene rings is 1. The van der Waals surface area contributed by atoms with Crippen LogP contribution in [0.15, 0.2) is 12.1 Å². The minimum absolute atomic E-state index is 0.270. The minimum Gasteiger partial charge on any atom is -0.380 e. The zero-order valence-corrected chi connectivity index (χ0v) is 11.1. The molecular weight excluding hydrogens is 198 g/mol. The molecule has 0 aliphatic rings. The fourth-order valence-corrected chi connectivity index (χ4v) is 1.70. The zero-order valence-electron chi connectivity index (χ0n) is 11.1. The van der Waals surface area contributed by atoms with Gasteiger partial charge in [-0.3, -0.25) is 0 Å². The molecular formula is C14H23NO. The van der Waals surface area contributed by atoms with Gasteiger partial charge in [0.05, 0.1) is 6.10 Å². The third-order valence-electron chi connectivity index (χ3n) is 3.10. The molecule has 0 radical (unpaired) electrons. The Labute approximate surface area is 99.0 Å². The first-order chi connectivity index (χ1) is 7.54. The second kappa shape index (κ2) is 6.02. The highest BCUT2D eigenvalue weighted by molar-refractivity contribution is 5.36. The molecule has 2 nitrogen and oxygen atoms in total. The van der Waals surface area contributed by atoms with E-state index in [9.17, 15) is 0 Å². The van der Waals surface area contributed by atoms with Gasteiger partial charge in [0.25, 0.3) is 0 Å². The van der Waals surface area contributed by atoms with E-state index in [1.54, 1.807) is 7.11 Å². The third-order valence-corrected chi connectivity index (χ3v) is 3.10. The van der Waals surface area contributed by atoms with E-state index in [1.807, 2.05) is 0 Å². The molecule has 90 valence electrons. The molecule has 16 heavy (non-hydrogen) atoms. The molecule has 0 fully saturated rings. The van der Waals surface area contributed by atoms with Crippen LogP contribution in [0.3, 0.4) is 0 Å². The van der Waals surface area contributed by atoms with Gasteiger partial charge in [-0.2, -0.15) is 0 Å². The molecule has 0 amide bonds. The monoisotopic (exact) mass is 221 g/mol. The Balaban J connectivity index is 2.57. The predicted octanol–water partition coefficient (Wildman–Crippen LogP) is 2.74. The number of hydrogen-bond acceptors (Lipinski definition) is 2. The summed E-state index contributed by atoms with van der Waals surface area (Å²) >= 11 is 0. The lowest BCUT2D eigenvalue weighted by Gasteiger charge is -2.13. The van der Waals surface area contributed by atoms with Crippen LogP contribution in [0.2, 0.25) is 0 Å². The Morgan fingerprint density at radius 1 is 1.12 bits per heavy atom. The first-order valence-electron chi connectivity index (χ1n) is 5.84. The first kappa shape index (κ1) is 13.2. The minimum atomic E-state index is 0.270. The van der Waals surface area contributed by atoms with Crippen molar-refractivity contribution in [1.82, 2.24) is 5.32 Å². The van der Waals surface area contributed by atoms with Crippen LogP contribution in [0, 0.1) is 20.8 Å². The second-order valence-corrected chi connectivity index (χ2v) is 4.54. The van der Waals surface area contributed by atoms with Crippen LogP contribution in [0.1, 0.15) is 29.2 Å². The molecule has 0 aliphatic heterocycles. The Bertz CT molecular complexity index is 347. The molecule has 0 spiro atoms. The predicted molar refractivity (Wildman–Crippen MR) is 68.8 cm³/mol. The molecule has 1 N–H and O–H groups in total. The molecule has 0 saturated heterocycles. The topological polar surface area (TPSA) is 21.3 Å². The standard InChI is InChI=1S/C14H23NO/c1-10-6-12(3)14(7-11(10)2)9-15-8-13(4)16-5/h6-7,13,15H,8-9H2,1-5H3. The molecule has 1 atom stereocenters. The Morgan fingerprint density at radius 3 is 2.38 bits per heavy atom. The summed E-state index contributed by atoms with van der Waals surface area (Å²) in [5, 5.41) is 3.41. The molecule has 0 saturated carbocycles. The molecule has 0 aromatic heterocycles. The van der Waals surface area contributed by atoms with Gasteiger partial charge >= 0.3 is 0 Å². The third kappa shape index (κ3) is 3.62. The van der Waals surface area contributed by atoms with Crippen molar-refractivity contribution in [3.05, 3.63) is 34.4 Å². The number of aryl methyl sites for hydroxylation is 3. The van der Waals surface area contributed by atoms with Crippen LogP contribution in [0.4, 0.5) is 0 Å². The van der Waals surface area contributed by atoms with Crippen molar-refractivity contribution in [2.24, 2.45) is 0 Å². The average molecular weight is 221 g/mol. The van der Waals surface area contributed by atoms with Gasteiger partial charge in [-0.15, -0.1) is 0 Å². The fraction of sp³-hybridized carbons (Fsp3) is 0.571. The maximum atomic E-state index is 5.20. The van der Waals surface area contributed by atoms with Crippen LogP contribution in [0.25, 0.3) is 0 Å². The zero-order chi connectivity index (χ0) is 12.1. The number of hydrogen-bond donors (Lipinski definition) is 1.